The summed E-state index contributed by atoms with van der Waals surface area (Å²) in [6, 6.07) is 11.7. The van der Waals surface area contributed by atoms with E-state index in [4.69, 9.17) is 9.47 Å². The van der Waals surface area contributed by atoms with Crippen molar-refractivity contribution in [3.05, 3.63) is 80.9 Å². The molecular weight excluding hydrogens is 504 g/mol. The van der Waals surface area contributed by atoms with Crippen LogP contribution in [0.3, 0.4) is 0 Å². The number of ether oxygens (including phenoxy) is 2. The summed E-state index contributed by atoms with van der Waals surface area (Å²) in [7, 11) is 2.81. The smallest absolute Gasteiger partial charge is 0.350 e. The van der Waals surface area contributed by atoms with Gasteiger partial charge in [-0.15, -0.1) is 0 Å². The summed E-state index contributed by atoms with van der Waals surface area (Å²) in [5.74, 6) is -1.93. The van der Waals surface area contributed by atoms with Gasteiger partial charge in [-0.1, -0.05) is 56.4 Å². The summed E-state index contributed by atoms with van der Waals surface area (Å²) in [6.07, 6.45) is 0. The third-order valence-electron chi connectivity index (χ3n) is 6.57. The number of ketones is 1. The van der Waals surface area contributed by atoms with Crippen molar-refractivity contribution in [1.82, 2.24) is 4.98 Å². The molecule has 0 unspecified atom stereocenters. The van der Waals surface area contributed by atoms with E-state index in [1.807, 2.05) is 31.2 Å². The molecule has 1 saturated heterocycles. The minimum Gasteiger partial charge on any atom is -0.507 e. The van der Waals surface area contributed by atoms with Crippen LogP contribution < -0.4 is 9.64 Å². The Morgan fingerprint density at radius 1 is 1.05 bits per heavy atom. The number of aromatic nitrogens is 1. The lowest BCUT2D eigenvalue weighted by Gasteiger charge is -2.25. The van der Waals surface area contributed by atoms with Gasteiger partial charge in [-0.3, -0.25) is 14.5 Å². The van der Waals surface area contributed by atoms with Crippen molar-refractivity contribution in [2.75, 3.05) is 19.1 Å². The molecule has 0 saturated carbocycles. The van der Waals surface area contributed by atoms with Gasteiger partial charge in [0.05, 0.1) is 31.5 Å². The van der Waals surface area contributed by atoms with Gasteiger partial charge in [0, 0.05) is 5.56 Å². The molecule has 198 valence electrons. The number of thiazole rings is 1. The lowest BCUT2D eigenvalue weighted by molar-refractivity contribution is -0.132. The minimum atomic E-state index is -0.956. The largest absolute Gasteiger partial charge is 0.507 e. The van der Waals surface area contributed by atoms with Crippen LogP contribution in [0.2, 0.25) is 0 Å². The number of benzene rings is 2. The highest BCUT2D eigenvalue weighted by Crippen LogP contribution is 2.44. The Morgan fingerprint density at radius 2 is 1.71 bits per heavy atom. The van der Waals surface area contributed by atoms with Gasteiger partial charge in [-0.05, 0) is 54.2 Å². The highest BCUT2D eigenvalue weighted by molar-refractivity contribution is 7.17. The fraction of sp³-hybridized carbons (Fsp3) is 0.310. The molecule has 0 aliphatic carbocycles. The fourth-order valence-electron chi connectivity index (χ4n) is 4.46. The molecule has 1 fully saturated rings. The second kappa shape index (κ2) is 10.1. The quantitative estimate of drug-likeness (QED) is 0.200. The Bertz CT molecular complexity index is 1460. The van der Waals surface area contributed by atoms with Gasteiger partial charge in [-0.2, -0.15) is 0 Å². The predicted molar refractivity (Wildman–Crippen MR) is 146 cm³/mol. The fourth-order valence-corrected chi connectivity index (χ4v) is 5.47. The molecule has 4 rings (SSSR count). The Morgan fingerprint density at radius 3 is 2.26 bits per heavy atom. The van der Waals surface area contributed by atoms with Crippen LogP contribution in [-0.4, -0.2) is 42.0 Å². The average Bonchev–Trinajstić information content (AvgIpc) is 3.39. The number of aliphatic hydroxyl groups excluding tert-OH is 1. The Kier molecular flexibility index (Phi) is 7.16. The number of rotatable bonds is 5. The molecule has 1 atom stereocenters. The van der Waals surface area contributed by atoms with E-state index in [1.165, 1.54) is 12.0 Å². The summed E-state index contributed by atoms with van der Waals surface area (Å²) in [4.78, 5) is 45.1. The van der Waals surface area contributed by atoms with Gasteiger partial charge < -0.3 is 14.6 Å². The number of esters is 1. The standard InChI is InChI=1S/C29H30N2O6S/c1-15-14-18(10-13-20(15)36-6)23(32)21-22(17-8-11-19(12-9-17)29(3,4)5)31(26(34)24(21)33)28-30-16(2)25(38-28)27(35)37-7/h8-14,22,32H,1-7H3/b23-21+/t22-/m1/s1. The zero-order chi connectivity index (χ0) is 27.9. The maximum absolute atomic E-state index is 13.5. The topological polar surface area (TPSA) is 106 Å². The maximum atomic E-state index is 13.5. The van der Waals surface area contributed by atoms with Crippen molar-refractivity contribution in [3.63, 3.8) is 0 Å². The maximum Gasteiger partial charge on any atom is 0.350 e. The van der Waals surface area contributed by atoms with Crippen LogP contribution in [0, 0.1) is 13.8 Å². The number of carbonyl (C=O) groups is 3. The summed E-state index contributed by atoms with van der Waals surface area (Å²) >= 11 is 0.964. The van der Waals surface area contributed by atoms with Crippen molar-refractivity contribution >= 4 is 39.9 Å². The molecule has 0 radical (unpaired) electrons. The molecule has 1 N–H and O–H groups in total. The van der Waals surface area contributed by atoms with E-state index in [0.29, 0.717) is 22.6 Å². The first-order chi connectivity index (χ1) is 17.9. The highest BCUT2D eigenvalue weighted by atomic mass is 32.1. The molecule has 8 nitrogen and oxygen atoms in total. The van der Waals surface area contributed by atoms with Gasteiger partial charge in [0.2, 0.25) is 0 Å². The molecule has 0 bridgehead atoms. The number of amides is 1. The van der Waals surface area contributed by atoms with Crippen LogP contribution in [0.15, 0.2) is 48.0 Å². The van der Waals surface area contributed by atoms with Gasteiger partial charge >= 0.3 is 11.9 Å². The molecule has 2 heterocycles. The molecule has 1 aromatic heterocycles. The Labute approximate surface area is 225 Å². The van der Waals surface area contributed by atoms with Crippen LogP contribution in [0.5, 0.6) is 5.75 Å². The Balaban J connectivity index is 1.94. The van der Waals surface area contributed by atoms with E-state index in [9.17, 15) is 19.5 Å². The third kappa shape index (κ3) is 4.69. The van der Waals surface area contributed by atoms with Crippen LogP contribution >= 0.6 is 11.3 Å². The number of methoxy groups -OCH3 is 2. The number of nitrogens with zero attached hydrogens (tertiary/aromatic N) is 2. The molecule has 2 aromatic carbocycles. The van der Waals surface area contributed by atoms with E-state index in [-0.39, 0.29) is 26.8 Å². The van der Waals surface area contributed by atoms with Crippen molar-refractivity contribution < 1.29 is 29.0 Å². The van der Waals surface area contributed by atoms with Crippen molar-refractivity contribution in [2.24, 2.45) is 0 Å². The molecule has 0 spiro atoms. The van der Waals surface area contributed by atoms with Gasteiger partial charge in [0.1, 0.15) is 16.4 Å². The first-order valence-electron chi connectivity index (χ1n) is 12.0. The van der Waals surface area contributed by atoms with Crippen molar-refractivity contribution in [1.29, 1.82) is 0 Å². The number of aryl methyl sites for hydroxylation is 2. The van der Waals surface area contributed by atoms with Crippen LogP contribution in [0.1, 0.15) is 64.4 Å². The lowest BCUT2D eigenvalue weighted by atomic mass is 9.85. The number of anilines is 1. The van der Waals surface area contributed by atoms with E-state index < -0.39 is 23.7 Å². The van der Waals surface area contributed by atoms with Crippen molar-refractivity contribution in [3.8, 4) is 5.75 Å². The summed E-state index contributed by atoms with van der Waals surface area (Å²) < 4.78 is 10.2. The number of hydrogen-bond acceptors (Lipinski definition) is 8. The van der Waals surface area contributed by atoms with E-state index >= 15 is 0 Å². The van der Waals surface area contributed by atoms with E-state index in [2.05, 4.69) is 25.8 Å². The molecule has 38 heavy (non-hydrogen) atoms. The second-order valence-electron chi connectivity index (χ2n) is 10.1. The van der Waals surface area contributed by atoms with Crippen LogP contribution in [-0.2, 0) is 19.7 Å². The first kappa shape index (κ1) is 27.1. The monoisotopic (exact) mass is 534 g/mol. The number of carbonyl (C=O) groups excluding carboxylic acids is 3. The normalized spacial score (nSPS) is 17.1. The SMILES string of the molecule is COC(=O)c1sc(N2C(=O)C(=O)/C(=C(/O)c3ccc(OC)c(C)c3)[C@H]2c2ccc(C(C)(C)C)cc2)nc1C. The molecule has 1 aliphatic rings. The number of Topliss-reactive ketones (excluding diaryl/α,β-unsaturated/α-hetero) is 1. The van der Waals surface area contributed by atoms with Gasteiger partial charge in [-0.25, -0.2) is 9.78 Å². The zero-order valence-corrected chi connectivity index (χ0v) is 23.2. The van der Waals surface area contributed by atoms with Gasteiger partial charge in [0.15, 0.2) is 5.13 Å². The highest BCUT2D eigenvalue weighted by Gasteiger charge is 2.48. The van der Waals surface area contributed by atoms with Gasteiger partial charge in [0.25, 0.3) is 5.78 Å². The average molecular weight is 535 g/mol. The molecule has 1 amide bonds. The minimum absolute atomic E-state index is 0.0597. The van der Waals surface area contributed by atoms with E-state index in [1.54, 1.807) is 32.2 Å². The lowest BCUT2D eigenvalue weighted by Crippen LogP contribution is -2.29. The summed E-state index contributed by atoms with van der Waals surface area (Å²) in [5.41, 5.74) is 3.04. The van der Waals surface area contributed by atoms with Crippen LogP contribution in [0.25, 0.3) is 5.76 Å². The Hall–Kier alpha value is -3.98. The zero-order valence-electron chi connectivity index (χ0n) is 22.4. The predicted octanol–water partition coefficient (Wildman–Crippen LogP) is 5.48. The molecule has 1 aliphatic heterocycles. The second-order valence-corrected chi connectivity index (χ2v) is 11.1. The summed E-state index contributed by atoms with van der Waals surface area (Å²) in [6.45, 7) is 9.73. The third-order valence-corrected chi connectivity index (χ3v) is 7.70. The number of aliphatic hydroxyl groups is 1. The molecular formula is C29H30N2O6S. The summed E-state index contributed by atoms with van der Waals surface area (Å²) in [5, 5.41) is 11.6. The molecule has 3 aromatic rings. The first-order valence-corrected chi connectivity index (χ1v) is 12.8. The van der Waals surface area contributed by atoms with Crippen molar-refractivity contribution in [2.45, 2.75) is 46.1 Å². The molecule has 9 heteroatoms. The number of hydrogen-bond donors (Lipinski definition) is 1. The van der Waals surface area contributed by atoms with E-state index in [0.717, 1.165) is 22.5 Å². The van der Waals surface area contributed by atoms with Crippen LogP contribution in [0.4, 0.5) is 5.13 Å².